The molecule has 3 aliphatic rings. The number of hydrogen-bond donors (Lipinski definition) is 4. The fourth-order valence-corrected chi connectivity index (χ4v) is 4.88. The van der Waals surface area contributed by atoms with E-state index in [1.54, 1.807) is 14.0 Å². The first-order valence-electron chi connectivity index (χ1n) is 11.0. The highest BCUT2D eigenvalue weighted by Crippen LogP contribution is 2.34. The van der Waals surface area contributed by atoms with Gasteiger partial charge in [0.05, 0.1) is 12.1 Å². The Balaban J connectivity index is 1.47. The molecule has 2 heterocycles. The molecular weight excluding hydrogens is 398 g/mol. The molecule has 1 aromatic carbocycles. The predicted molar refractivity (Wildman–Crippen MR) is 113 cm³/mol. The Morgan fingerprint density at radius 2 is 1.97 bits per heavy atom. The Morgan fingerprint density at radius 1 is 1.19 bits per heavy atom. The van der Waals surface area contributed by atoms with Crippen LogP contribution in [0.2, 0.25) is 0 Å². The zero-order chi connectivity index (χ0) is 22.1. The van der Waals surface area contributed by atoms with Gasteiger partial charge in [0.25, 0.3) is 11.8 Å². The summed E-state index contributed by atoms with van der Waals surface area (Å²) in [5.74, 6) is -0.969. The summed E-state index contributed by atoms with van der Waals surface area (Å²) in [7, 11) is 1.56. The van der Waals surface area contributed by atoms with Crippen LogP contribution in [0.1, 0.15) is 49.8 Å². The van der Waals surface area contributed by atoms with Gasteiger partial charge in [0.1, 0.15) is 24.5 Å². The largest absolute Gasteiger partial charge is 0.353 e. The van der Waals surface area contributed by atoms with E-state index in [1.165, 1.54) is 10.5 Å². The minimum atomic E-state index is -0.929. The van der Waals surface area contributed by atoms with Gasteiger partial charge in [-0.25, -0.2) is 0 Å². The van der Waals surface area contributed by atoms with Gasteiger partial charge in [0.15, 0.2) is 0 Å². The Labute approximate surface area is 182 Å². The van der Waals surface area contributed by atoms with Crippen LogP contribution in [-0.2, 0) is 25.5 Å². The van der Waals surface area contributed by atoms with Crippen LogP contribution in [0.3, 0.4) is 0 Å². The summed E-state index contributed by atoms with van der Waals surface area (Å²) in [6.45, 7) is 1.75. The third kappa shape index (κ3) is 4.17. The van der Waals surface area contributed by atoms with Gasteiger partial charge in [-0.05, 0) is 57.2 Å². The first-order valence-corrected chi connectivity index (χ1v) is 11.0. The Morgan fingerprint density at radius 3 is 2.74 bits per heavy atom. The molecule has 0 bridgehead atoms. The van der Waals surface area contributed by atoms with E-state index in [2.05, 4.69) is 28.1 Å². The fraction of sp³-hybridized carbons (Fsp3) is 0.591. The van der Waals surface area contributed by atoms with Gasteiger partial charge in [-0.2, -0.15) is 0 Å². The molecule has 1 aliphatic carbocycles. The number of rotatable bonds is 5. The molecule has 4 rings (SSSR count). The quantitative estimate of drug-likeness (QED) is 0.485. The molecule has 0 aromatic heterocycles. The van der Waals surface area contributed by atoms with Crippen molar-refractivity contribution in [1.82, 2.24) is 20.9 Å². The van der Waals surface area contributed by atoms with E-state index in [0.717, 1.165) is 24.8 Å². The van der Waals surface area contributed by atoms with Crippen molar-refractivity contribution in [3.05, 3.63) is 35.4 Å². The van der Waals surface area contributed by atoms with E-state index < -0.39 is 36.5 Å². The third-order valence-electron chi connectivity index (χ3n) is 6.57. The minimum Gasteiger partial charge on any atom is -0.353 e. The number of amides is 3. The van der Waals surface area contributed by atoms with Crippen LogP contribution >= 0.6 is 0 Å². The molecule has 2 unspecified atom stereocenters. The van der Waals surface area contributed by atoms with E-state index in [0.29, 0.717) is 12.8 Å². The minimum absolute atomic E-state index is 0.0552. The number of carbonyl (C=O) groups excluding carboxylic acids is 3. The molecule has 1 aromatic rings. The van der Waals surface area contributed by atoms with Crippen LogP contribution in [0.25, 0.3) is 0 Å². The molecule has 2 aliphatic heterocycles. The second-order valence-electron chi connectivity index (χ2n) is 8.54. The number of nitrogens with two attached hydrogens (primary N) is 1. The van der Waals surface area contributed by atoms with Crippen molar-refractivity contribution >= 4 is 17.7 Å². The lowest BCUT2D eigenvalue weighted by molar-refractivity contribution is -0.179. The summed E-state index contributed by atoms with van der Waals surface area (Å²) >= 11 is 0. The van der Waals surface area contributed by atoms with Crippen LogP contribution in [0, 0.1) is 0 Å². The lowest BCUT2D eigenvalue weighted by Crippen LogP contribution is -2.66. The lowest BCUT2D eigenvalue weighted by Gasteiger charge is -2.41. The smallest absolute Gasteiger partial charge is 0.252 e. The second-order valence-corrected chi connectivity index (χ2v) is 8.54. The van der Waals surface area contributed by atoms with Crippen molar-refractivity contribution in [3.8, 4) is 0 Å². The predicted octanol–water partition coefficient (Wildman–Crippen LogP) is -0.0950. The Kier molecular flexibility index (Phi) is 6.27. The Hall–Kier alpha value is -2.49. The van der Waals surface area contributed by atoms with Crippen LogP contribution in [0.15, 0.2) is 24.3 Å². The van der Waals surface area contributed by atoms with Crippen molar-refractivity contribution < 1.29 is 19.1 Å². The molecule has 0 saturated carbocycles. The average Bonchev–Trinajstić information content (AvgIpc) is 3.20. The topological polar surface area (TPSA) is 126 Å². The zero-order valence-electron chi connectivity index (χ0n) is 18.0. The zero-order valence-corrected chi connectivity index (χ0v) is 18.0. The van der Waals surface area contributed by atoms with E-state index in [-0.39, 0.29) is 17.9 Å². The van der Waals surface area contributed by atoms with Crippen LogP contribution in [-0.4, -0.2) is 60.3 Å². The molecule has 0 spiro atoms. The number of carbonyl (C=O) groups is 3. The molecule has 2 fully saturated rings. The monoisotopic (exact) mass is 429 g/mol. The maximum atomic E-state index is 13.3. The van der Waals surface area contributed by atoms with Crippen LogP contribution in [0.5, 0.6) is 0 Å². The molecule has 3 amide bonds. The summed E-state index contributed by atoms with van der Waals surface area (Å²) in [5, 5.41) is 8.47. The number of nitrogens with one attached hydrogen (secondary N) is 3. The van der Waals surface area contributed by atoms with Gasteiger partial charge in [0, 0.05) is 0 Å². The number of aryl methyl sites for hydroxylation is 1. The van der Waals surface area contributed by atoms with E-state index >= 15 is 0 Å². The van der Waals surface area contributed by atoms with Crippen molar-refractivity contribution in [2.45, 2.75) is 75.7 Å². The number of benzene rings is 1. The maximum Gasteiger partial charge on any atom is 0.252 e. The van der Waals surface area contributed by atoms with Gasteiger partial charge in [0.2, 0.25) is 5.91 Å². The third-order valence-corrected chi connectivity index (χ3v) is 6.57. The molecule has 9 nitrogen and oxygen atoms in total. The summed E-state index contributed by atoms with van der Waals surface area (Å²) in [4.78, 5) is 40.2. The highest BCUT2D eigenvalue weighted by atomic mass is 16.5. The number of nitrogens with zero attached hydrogens (tertiary/aromatic N) is 1. The summed E-state index contributed by atoms with van der Waals surface area (Å²) in [6, 6.07) is 6.62. The first kappa shape index (κ1) is 21.7. The lowest BCUT2D eigenvalue weighted by atomic mass is 9.87. The molecule has 31 heavy (non-hydrogen) atoms. The summed E-state index contributed by atoms with van der Waals surface area (Å²) in [6.07, 6.45) is 2.13. The maximum absolute atomic E-state index is 13.3. The van der Waals surface area contributed by atoms with Crippen molar-refractivity contribution in [2.24, 2.45) is 5.73 Å². The normalized spacial score (nSPS) is 30.9. The molecule has 0 radical (unpaired) electrons. The second kappa shape index (κ2) is 8.94. The first-order chi connectivity index (χ1) is 14.9. The molecule has 5 N–H and O–H groups in total. The van der Waals surface area contributed by atoms with E-state index in [1.807, 2.05) is 12.1 Å². The molecule has 6 atom stereocenters. The summed E-state index contributed by atoms with van der Waals surface area (Å²) < 4.78 is 5.98. The fourth-order valence-electron chi connectivity index (χ4n) is 4.88. The molecule has 9 heteroatoms. The summed E-state index contributed by atoms with van der Waals surface area (Å²) in [5.41, 5.74) is 8.11. The van der Waals surface area contributed by atoms with E-state index in [9.17, 15) is 14.4 Å². The Bertz CT molecular complexity index is 862. The van der Waals surface area contributed by atoms with Crippen molar-refractivity contribution in [2.75, 3.05) is 7.05 Å². The van der Waals surface area contributed by atoms with Gasteiger partial charge in [-0.1, -0.05) is 24.3 Å². The van der Waals surface area contributed by atoms with Crippen LogP contribution in [0.4, 0.5) is 0 Å². The number of ether oxygens (including phenoxy) is 1. The number of hydrogen-bond acceptors (Lipinski definition) is 6. The highest BCUT2D eigenvalue weighted by Gasteiger charge is 2.50. The van der Waals surface area contributed by atoms with Crippen LogP contribution < -0.4 is 21.7 Å². The number of fused-ring (bicyclic) bond motifs is 2. The van der Waals surface area contributed by atoms with Crippen molar-refractivity contribution in [1.29, 1.82) is 0 Å². The van der Waals surface area contributed by atoms with E-state index in [4.69, 9.17) is 10.5 Å². The standard InChI is InChI=1S/C22H31N5O4/c1-12-18(26-21(29)19(23)24-2)22(30)27-16(10-11-17(27)31-12)20(28)25-15-9-5-7-13-6-3-4-8-14(13)15/h3-4,6,8,12,15-19,24H,5,7,9-11,23H2,1-2H3,(H,25,28)(H,26,29)/t12-,15-,16?,17+,18?,19-/m1/s1. The molecular formula is C22H31N5O4. The van der Waals surface area contributed by atoms with Gasteiger partial charge in [-0.3, -0.25) is 19.7 Å². The highest BCUT2D eigenvalue weighted by molar-refractivity contribution is 5.94. The molecule has 168 valence electrons. The van der Waals surface area contributed by atoms with Crippen molar-refractivity contribution in [3.63, 3.8) is 0 Å². The average molecular weight is 430 g/mol. The number of likely N-dealkylation sites (N-methyl/N-ethyl adjacent to an activating group) is 1. The molecule has 2 saturated heterocycles. The van der Waals surface area contributed by atoms with Gasteiger partial charge >= 0.3 is 0 Å². The SMILES string of the molecule is CN[C@@H](N)C(=O)NC1C(=O)N2C(C(=O)N[C@@H]3CCCc4ccccc43)CC[C@@H]2O[C@@H]1C. The van der Waals surface area contributed by atoms with Gasteiger partial charge in [-0.15, -0.1) is 0 Å². The van der Waals surface area contributed by atoms with Gasteiger partial charge < -0.3 is 26.0 Å².